The molecule has 0 aliphatic heterocycles. The molecule has 1 amide bonds. The van der Waals surface area contributed by atoms with E-state index >= 15 is 0 Å². The van der Waals surface area contributed by atoms with Gasteiger partial charge in [0, 0.05) is 5.69 Å². The van der Waals surface area contributed by atoms with Crippen LogP contribution in [0.1, 0.15) is 55.1 Å². The van der Waals surface area contributed by atoms with Crippen molar-refractivity contribution in [2.75, 3.05) is 5.32 Å². The molecule has 0 saturated heterocycles. The molecule has 5 nitrogen and oxygen atoms in total. The number of aromatic nitrogens is 2. The van der Waals surface area contributed by atoms with Gasteiger partial charge in [-0.2, -0.15) is 5.10 Å². The summed E-state index contributed by atoms with van der Waals surface area (Å²) in [5.74, 6) is -0.611. The molecule has 2 rings (SSSR count). The lowest BCUT2D eigenvalue weighted by molar-refractivity contribution is -0.117. The summed E-state index contributed by atoms with van der Waals surface area (Å²) in [6.07, 6.45) is -6.05. The van der Waals surface area contributed by atoms with Crippen LogP contribution in [0.5, 0.6) is 5.75 Å². The van der Waals surface area contributed by atoms with Crippen molar-refractivity contribution < 1.29 is 27.5 Å². The number of carbonyl (C=O) groups is 1. The highest BCUT2D eigenvalue weighted by molar-refractivity contribution is 5.91. The molecule has 1 heterocycles. The van der Waals surface area contributed by atoms with Gasteiger partial charge in [-0.3, -0.25) is 9.48 Å². The first kappa shape index (κ1) is 19.7. The number of carbonyl (C=O) groups excluding carboxylic acids is 1. The Morgan fingerprint density at radius 1 is 1.19 bits per heavy atom. The van der Waals surface area contributed by atoms with Crippen molar-refractivity contribution in [3.8, 4) is 5.75 Å². The third-order valence-electron chi connectivity index (χ3n) is 3.84. The van der Waals surface area contributed by atoms with Gasteiger partial charge in [-0.05, 0) is 42.2 Å². The zero-order valence-corrected chi connectivity index (χ0v) is 14.4. The van der Waals surface area contributed by atoms with E-state index in [9.17, 15) is 27.5 Å². The lowest BCUT2D eigenvalue weighted by atomic mass is 9.99. The molecule has 0 fully saturated rings. The Kier molecular flexibility index (Phi) is 5.89. The quantitative estimate of drug-likeness (QED) is 0.577. The molecule has 142 valence electrons. The van der Waals surface area contributed by atoms with Crippen LogP contribution in [0.4, 0.5) is 23.2 Å². The molecule has 2 aromatic rings. The Balaban J connectivity index is 2.23. The van der Waals surface area contributed by atoms with E-state index < -0.39 is 36.7 Å². The number of aryl methyl sites for hydroxylation is 1. The molecule has 0 aliphatic carbocycles. The van der Waals surface area contributed by atoms with E-state index in [2.05, 4.69) is 10.4 Å². The van der Waals surface area contributed by atoms with Gasteiger partial charge < -0.3 is 10.4 Å². The summed E-state index contributed by atoms with van der Waals surface area (Å²) in [5.41, 5.74) is 0.0226. The summed E-state index contributed by atoms with van der Waals surface area (Å²) in [5, 5.41) is 15.8. The Bertz CT molecular complexity index is 804. The Morgan fingerprint density at radius 2 is 1.85 bits per heavy atom. The number of aromatic hydroxyl groups is 1. The SMILES string of the molecule is Cc1cc(O)c(C(C)C)cc1NC(=O)Cn1nc(C(F)F)cc1C(F)F. The minimum absolute atomic E-state index is 0.00333. The van der Waals surface area contributed by atoms with Crippen LogP contribution in [0, 0.1) is 6.92 Å². The molecule has 0 spiro atoms. The molecule has 1 aromatic heterocycles. The van der Waals surface area contributed by atoms with Gasteiger partial charge in [0.15, 0.2) is 0 Å². The molecule has 0 atom stereocenters. The van der Waals surface area contributed by atoms with Crippen LogP contribution in [0.2, 0.25) is 0 Å². The molecule has 9 heteroatoms. The van der Waals surface area contributed by atoms with Crippen molar-refractivity contribution in [1.82, 2.24) is 9.78 Å². The van der Waals surface area contributed by atoms with Gasteiger partial charge in [0.05, 0.1) is 0 Å². The third-order valence-corrected chi connectivity index (χ3v) is 3.84. The molecule has 0 radical (unpaired) electrons. The van der Waals surface area contributed by atoms with E-state index in [-0.39, 0.29) is 11.7 Å². The zero-order chi connectivity index (χ0) is 19.6. The van der Waals surface area contributed by atoms with Gasteiger partial charge in [-0.15, -0.1) is 0 Å². The number of rotatable bonds is 6. The van der Waals surface area contributed by atoms with Crippen molar-refractivity contribution in [1.29, 1.82) is 0 Å². The molecule has 1 aromatic carbocycles. The lowest BCUT2D eigenvalue weighted by Gasteiger charge is -2.15. The highest BCUT2D eigenvalue weighted by Gasteiger charge is 2.22. The first-order chi connectivity index (χ1) is 12.1. The number of halogens is 4. The topological polar surface area (TPSA) is 67.2 Å². The summed E-state index contributed by atoms with van der Waals surface area (Å²) in [6, 6.07) is 3.67. The number of phenols is 1. The minimum atomic E-state index is -3.04. The van der Waals surface area contributed by atoms with Gasteiger partial charge in [0.25, 0.3) is 12.9 Å². The van der Waals surface area contributed by atoms with Crippen LogP contribution in [-0.4, -0.2) is 20.8 Å². The maximum absolute atomic E-state index is 13.0. The van der Waals surface area contributed by atoms with Crippen molar-refractivity contribution in [2.45, 2.75) is 46.1 Å². The second-order valence-electron chi connectivity index (χ2n) is 6.18. The number of hydrogen-bond donors (Lipinski definition) is 2. The molecular weight excluding hydrogens is 354 g/mol. The zero-order valence-electron chi connectivity index (χ0n) is 14.4. The number of alkyl halides is 4. The predicted octanol–water partition coefficient (Wildman–Crippen LogP) is 4.53. The number of nitrogens with one attached hydrogen (secondary N) is 1. The first-order valence-electron chi connectivity index (χ1n) is 7.87. The number of nitrogens with zero attached hydrogens (tertiary/aromatic N) is 2. The summed E-state index contributed by atoms with van der Waals surface area (Å²) < 4.78 is 51.9. The fourth-order valence-corrected chi connectivity index (χ4v) is 2.49. The molecule has 0 saturated carbocycles. The average molecular weight is 373 g/mol. The van der Waals surface area contributed by atoms with E-state index in [1.165, 1.54) is 6.07 Å². The van der Waals surface area contributed by atoms with E-state index in [4.69, 9.17) is 0 Å². The molecule has 0 unspecified atom stereocenters. The largest absolute Gasteiger partial charge is 0.508 e. The minimum Gasteiger partial charge on any atom is -0.508 e. The normalized spacial score (nSPS) is 11.6. The second kappa shape index (κ2) is 7.76. The number of amides is 1. The maximum atomic E-state index is 13.0. The monoisotopic (exact) mass is 373 g/mol. The summed E-state index contributed by atoms with van der Waals surface area (Å²) in [4.78, 5) is 12.2. The van der Waals surface area contributed by atoms with Crippen LogP contribution in [0.3, 0.4) is 0 Å². The first-order valence-corrected chi connectivity index (χ1v) is 7.87. The molecule has 0 aliphatic rings. The van der Waals surface area contributed by atoms with Gasteiger partial charge in [0.2, 0.25) is 5.91 Å². The number of anilines is 1. The summed E-state index contributed by atoms with van der Waals surface area (Å²) in [7, 11) is 0. The lowest BCUT2D eigenvalue weighted by Crippen LogP contribution is -2.21. The van der Waals surface area contributed by atoms with Gasteiger partial charge >= 0.3 is 0 Å². The number of phenolic OH excluding ortho intramolecular Hbond substituents is 1. The maximum Gasteiger partial charge on any atom is 0.282 e. The second-order valence-corrected chi connectivity index (χ2v) is 6.18. The number of hydrogen-bond acceptors (Lipinski definition) is 3. The van der Waals surface area contributed by atoms with Crippen molar-refractivity contribution in [3.63, 3.8) is 0 Å². The van der Waals surface area contributed by atoms with Gasteiger partial charge in [-0.25, -0.2) is 17.6 Å². The average Bonchev–Trinajstić information content (AvgIpc) is 2.93. The smallest absolute Gasteiger partial charge is 0.282 e. The molecule has 0 bridgehead atoms. The Morgan fingerprint density at radius 3 is 2.38 bits per heavy atom. The van der Waals surface area contributed by atoms with Crippen LogP contribution in [-0.2, 0) is 11.3 Å². The van der Waals surface area contributed by atoms with Gasteiger partial charge in [0.1, 0.15) is 23.7 Å². The molecular formula is C17H19F4N3O2. The highest BCUT2D eigenvalue weighted by Crippen LogP contribution is 2.31. The predicted molar refractivity (Wildman–Crippen MR) is 87.7 cm³/mol. The molecule has 2 N–H and O–H groups in total. The van der Waals surface area contributed by atoms with Crippen LogP contribution in [0.15, 0.2) is 18.2 Å². The van der Waals surface area contributed by atoms with E-state index in [1.54, 1.807) is 13.0 Å². The Labute approximate surface area is 147 Å². The summed E-state index contributed by atoms with van der Waals surface area (Å²) in [6.45, 7) is 4.75. The van der Waals surface area contributed by atoms with Crippen LogP contribution < -0.4 is 5.32 Å². The van der Waals surface area contributed by atoms with Crippen LogP contribution in [0.25, 0.3) is 0 Å². The van der Waals surface area contributed by atoms with Crippen LogP contribution >= 0.6 is 0 Å². The fraction of sp³-hybridized carbons (Fsp3) is 0.412. The standard InChI is InChI=1S/C17H19F4N3O2/c1-8(2)10-5-11(9(3)4-14(10)25)22-15(26)7-24-13(17(20)21)6-12(23-24)16(18)19/h4-6,8,16-17,25H,7H2,1-3H3,(H,22,26). The van der Waals surface area contributed by atoms with Crippen molar-refractivity contribution in [2.24, 2.45) is 0 Å². The highest BCUT2D eigenvalue weighted by atomic mass is 19.3. The van der Waals surface area contributed by atoms with E-state index in [0.29, 0.717) is 27.6 Å². The third kappa shape index (κ3) is 4.33. The van der Waals surface area contributed by atoms with Gasteiger partial charge in [-0.1, -0.05) is 13.8 Å². The Hall–Kier alpha value is -2.58. The fourth-order valence-electron chi connectivity index (χ4n) is 2.49. The molecule has 26 heavy (non-hydrogen) atoms. The van der Waals surface area contributed by atoms with E-state index in [0.717, 1.165) is 0 Å². The summed E-state index contributed by atoms with van der Waals surface area (Å²) >= 11 is 0. The van der Waals surface area contributed by atoms with E-state index in [1.807, 2.05) is 13.8 Å². The van der Waals surface area contributed by atoms with Crippen molar-refractivity contribution in [3.05, 3.63) is 40.7 Å². The number of benzene rings is 1. The van der Waals surface area contributed by atoms with Crippen molar-refractivity contribution >= 4 is 11.6 Å².